The maximum absolute atomic E-state index is 6.11. The van der Waals surface area contributed by atoms with Gasteiger partial charge < -0.3 is 5.43 Å². The summed E-state index contributed by atoms with van der Waals surface area (Å²) in [4.78, 5) is 0. The van der Waals surface area contributed by atoms with Crippen molar-refractivity contribution in [2.45, 2.75) is 18.9 Å². The van der Waals surface area contributed by atoms with Gasteiger partial charge in [-0.15, -0.1) is 0 Å². The van der Waals surface area contributed by atoms with Crippen molar-refractivity contribution in [3.8, 4) is 0 Å². The van der Waals surface area contributed by atoms with E-state index in [2.05, 4.69) is 40.9 Å². The second-order valence-electron chi connectivity index (χ2n) is 5.46. The second-order valence-corrected chi connectivity index (χ2v) is 5.90. The van der Waals surface area contributed by atoms with Gasteiger partial charge >= 0.3 is 0 Å². The van der Waals surface area contributed by atoms with Crippen molar-refractivity contribution in [2.24, 2.45) is 11.0 Å². The lowest BCUT2D eigenvalue weighted by Crippen LogP contribution is -2.26. The molecule has 3 heteroatoms. The average Bonchev–Trinajstić information content (AvgIpc) is 2.91. The molecule has 4 rings (SSSR count). The van der Waals surface area contributed by atoms with Crippen LogP contribution in [0, 0.1) is 5.92 Å². The second kappa shape index (κ2) is 4.64. The van der Waals surface area contributed by atoms with E-state index in [0.717, 1.165) is 17.9 Å². The van der Waals surface area contributed by atoms with Gasteiger partial charge in [-0.2, -0.15) is 5.10 Å². The normalized spacial score (nSPS) is 23.6. The molecular weight excluding hydrogens is 268 g/mol. The Morgan fingerprint density at radius 2 is 2.00 bits per heavy atom. The molecule has 100 valence electrons. The largest absolute Gasteiger partial charge is 0.302 e. The predicted molar refractivity (Wildman–Crippen MR) is 82.1 cm³/mol. The van der Waals surface area contributed by atoms with Gasteiger partial charge in [0.25, 0.3) is 0 Å². The van der Waals surface area contributed by atoms with Crippen molar-refractivity contribution in [2.75, 3.05) is 0 Å². The van der Waals surface area contributed by atoms with Gasteiger partial charge in [0, 0.05) is 16.5 Å². The van der Waals surface area contributed by atoms with Crippen LogP contribution in [0.4, 0.5) is 0 Å². The van der Waals surface area contributed by atoms with Gasteiger partial charge in [-0.3, -0.25) is 0 Å². The van der Waals surface area contributed by atoms with E-state index in [-0.39, 0.29) is 6.04 Å². The van der Waals surface area contributed by atoms with E-state index in [1.165, 1.54) is 22.4 Å². The van der Waals surface area contributed by atoms with Gasteiger partial charge in [0.15, 0.2) is 0 Å². The van der Waals surface area contributed by atoms with Crippen LogP contribution < -0.4 is 5.43 Å². The summed E-state index contributed by atoms with van der Waals surface area (Å²) in [7, 11) is 0. The van der Waals surface area contributed by atoms with E-state index in [4.69, 9.17) is 11.6 Å². The van der Waals surface area contributed by atoms with Crippen LogP contribution in [-0.4, -0.2) is 5.71 Å². The molecule has 2 nitrogen and oxygen atoms in total. The van der Waals surface area contributed by atoms with Crippen LogP contribution in [0.2, 0.25) is 5.02 Å². The third kappa shape index (κ3) is 1.83. The molecule has 0 spiro atoms. The zero-order chi connectivity index (χ0) is 13.5. The standard InChI is InChI=1S/C17H15ClN2/c18-13-6-3-5-12(10-13)16-15-9-8-11-4-1-2-7-14(11)17(15)20-19-16/h1-7,10,15-16,19H,8-9H2. The summed E-state index contributed by atoms with van der Waals surface area (Å²) < 4.78 is 0. The highest BCUT2D eigenvalue weighted by Gasteiger charge is 2.36. The van der Waals surface area contributed by atoms with Gasteiger partial charge in [0.05, 0.1) is 11.8 Å². The Labute approximate surface area is 123 Å². The molecular formula is C17H15ClN2. The molecule has 0 fully saturated rings. The number of rotatable bonds is 1. The number of fused-ring (bicyclic) bond motifs is 3. The van der Waals surface area contributed by atoms with Crippen LogP contribution in [0.1, 0.15) is 29.2 Å². The smallest absolute Gasteiger partial charge is 0.0774 e. The van der Waals surface area contributed by atoms with Crippen LogP contribution in [-0.2, 0) is 6.42 Å². The van der Waals surface area contributed by atoms with Gasteiger partial charge in [0.2, 0.25) is 0 Å². The van der Waals surface area contributed by atoms with Crippen molar-refractivity contribution < 1.29 is 0 Å². The summed E-state index contributed by atoms with van der Waals surface area (Å²) in [5.74, 6) is 0.448. The minimum atomic E-state index is 0.247. The number of halogens is 1. The SMILES string of the molecule is Clc1cccc(C2NN=C3c4ccccc4CCC32)c1. The highest BCUT2D eigenvalue weighted by atomic mass is 35.5. The topological polar surface area (TPSA) is 24.4 Å². The number of nitrogens with one attached hydrogen (secondary N) is 1. The third-order valence-corrected chi connectivity index (χ3v) is 4.54. The van der Waals surface area contributed by atoms with Crippen LogP contribution in [0.3, 0.4) is 0 Å². The summed E-state index contributed by atoms with van der Waals surface area (Å²) in [6.07, 6.45) is 2.26. The number of hydrazone groups is 1. The van der Waals surface area contributed by atoms with Crippen molar-refractivity contribution >= 4 is 17.3 Å². The fourth-order valence-corrected chi connectivity index (χ4v) is 3.54. The molecule has 2 unspecified atom stereocenters. The molecule has 2 aliphatic rings. The Hall–Kier alpha value is -1.80. The zero-order valence-electron chi connectivity index (χ0n) is 11.0. The first-order chi connectivity index (χ1) is 9.83. The van der Waals surface area contributed by atoms with Crippen molar-refractivity contribution in [3.63, 3.8) is 0 Å². The molecule has 20 heavy (non-hydrogen) atoms. The summed E-state index contributed by atoms with van der Waals surface area (Å²) in [6, 6.07) is 16.9. The number of benzene rings is 2. The van der Waals surface area contributed by atoms with E-state index in [0.29, 0.717) is 5.92 Å². The van der Waals surface area contributed by atoms with Crippen molar-refractivity contribution in [3.05, 3.63) is 70.2 Å². The quantitative estimate of drug-likeness (QED) is 0.841. The maximum atomic E-state index is 6.11. The Morgan fingerprint density at radius 3 is 2.90 bits per heavy atom. The molecule has 0 saturated carbocycles. The average molecular weight is 283 g/mol. The van der Waals surface area contributed by atoms with Crippen LogP contribution in [0.5, 0.6) is 0 Å². The Morgan fingerprint density at radius 1 is 1.10 bits per heavy atom. The lowest BCUT2D eigenvalue weighted by atomic mass is 9.77. The van der Waals surface area contributed by atoms with Crippen molar-refractivity contribution in [1.29, 1.82) is 0 Å². The lowest BCUT2D eigenvalue weighted by molar-refractivity contribution is 0.467. The summed E-state index contributed by atoms with van der Waals surface area (Å²) >= 11 is 6.11. The van der Waals surface area contributed by atoms with E-state index in [9.17, 15) is 0 Å². The van der Waals surface area contributed by atoms with Crippen LogP contribution in [0.25, 0.3) is 0 Å². The van der Waals surface area contributed by atoms with E-state index < -0.39 is 0 Å². The van der Waals surface area contributed by atoms with Crippen LogP contribution >= 0.6 is 11.6 Å². The summed E-state index contributed by atoms with van der Waals surface area (Å²) in [5.41, 5.74) is 8.46. The van der Waals surface area contributed by atoms with E-state index in [1.807, 2.05) is 18.2 Å². The Balaban J connectivity index is 1.71. The van der Waals surface area contributed by atoms with Gasteiger partial charge in [0.1, 0.15) is 0 Å². The molecule has 0 aromatic heterocycles. The summed E-state index contributed by atoms with van der Waals surface area (Å²) in [6.45, 7) is 0. The molecule has 0 radical (unpaired) electrons. The molecule has 1 aliphatic carbocycles. The molecule has 0 bridgehead atoms. The molecule has 0 saturated heterocycles. The first-order valence-electron chi connectivity index (χ1n) is 7.00. The first kappa shape index (κ1) is 12.0. The highest BCUT2D eigenvalue weighted by molar-refractivity contribution is 6.30. The molecule has 2 aromatic rings. The zero-order valence-corrected chi connectivity index (χ0v) is 11.8. The van der Waals surface area contributed by atoms with Crippen LogP contribution in [0.15, 0.2) is 53.6 Å². The van der Waals surface area contributed by atoms with E-state index >= 15 is 0 Å². The lowest BCUT2D eigenvalue weighted by Gasteiger charge is -2.26. The fraction of sp³-hybridized carbons (Fsp3) is 0.235. The fourth-order valence-electron chi connectivity index (χ4n) is 3.34. The molecule has 1 aliphatic heterocycles. The van der Waals surface area contributed by atoms with Crippen molar-refractivity contribution in [1.82, 2.24) is 5.43 Å². The predicted octanol–water partition coefficient (Wildman–Crippen LogP) is 3.95. The summed E-state index contributed by atoms with van der Waals surface area (Å²) in [5, 5.41) is 5.40. The molecule has 2 aromatic carbocycles. The monoisotopic (exact) mass is 282 g/mol. The van der Waals surface area contributed by atoms with Gasteiger partial charge in [-0.1, -0.05) is 48.0 Å². The number of hydrogen-bond acceptors (Lipinski definition) is 2. The van der Waals surface area contributed by atoms with Gasteiger partial charge in [-0.05, 0) is 36.1 Å². The number of hydrogen-bond donors (Lipinski definition) is 1. The minimum Gasteiger partial charge on any atom is -0.302 e. The molecule has 0 amide bonds. The first-order valence-corrected chi connectivity index (χ1v) is 7.37. The number of nitrogens with zero attached hydrogens (tertiary/aromatic N) is 1. The highest BCUT2D eigenvalue weighted by Crippen LogP contribution is 2.38. The van der Waals surface area contributed by atoms with E-state index in [1.54, 1.807) is 0 Å². The third-order valence-electron chi connectivity index (χ3n) is 4.30. The molecule has 2 atom stereocenters. The Kier molecular flexibility index (Phi) is 2.78. The van der Waals surface area contributed by atoms with Gasteiger partial charge in [-0.25, -0.2) is 0 Å². The minimum absolute atomic E-state index is 0.247. The molecule has 1 N–H and O–H groups in total. The number of aryl methyl sites for hydroxylation is 1. The maximum Gasteiger partial charge on any atom is 0.0774 e. The molecule has 1 heterocycles. The Bertz CT molecular complexity index is 693.